The van der Waals surface area contributed by atoms with Crippen LogP contribution in [0, 0.1) is 10.1 Å². The first-order valence-electron chi connectivity index (χ1n) is 7.66. The summed E-state index contributed by atoms with van der Waals surface area (Å²) < 4.78 is 10.7. The molecule has 0 radical (unpaired) electrons. The average molecular weight is 339 g/mol. The minimum atomic E-state index is -0.458. The van der Waals surface area contributed by atoms with Gasteiger partial charge in [0.1, 0.15) is 6.20 Å². The van der Waals surface area contributed by atoms with E-state index in [0.29, 0.717) is 11.5 Å². The third-order valence-electron chi connectivity index (χ3n) is 4.17. The number of fused-ring (bicyclic) bond motifs is 1. The molecule has 0 aliphatic rings. The van der Waals surface area contributed by atoms with Crippen LogP contribution in [-0.2, 0) is 0 Å². The molecule has 0 aliphatic heterocycles. The Morgan fingerprint density at radius 2 is 1.80 bits per heavy atom. The van der Waals surface area contributed by atoms with Crippen LogP contribution >= 0.6 is 0 Å². The topological polar surface area (TPSA) is 87.4 Å². The summed E-state index contributed by atoms with van der Waals surface area (Å²) in [5, 5.41) is 11.7. The number of rotatable bonds is 5. The van der Waals surface area contributed by atoms with E-state index in [9.17, 15) is 10.1 Å². The van der Waals surface area contributed by atoms with Crippen molar-refractivity contribution in [2.24, 2.45) is 0 Å². The third-order valence-corrected chi connectivity index (χ3v) is 4.17. The molecule has 1 unspecified atom stereocenters. The van der Waals surface area contributed by atoms with Crippen LogP contribution in [0.1, 0.15) is 24.1 Å². The molecule has 0 N–H and O–H groups in total. The Morgan fingerprint density at radius 3 is 2.40 bits per heavy atom. The Morgan fingerprint density at radius 1 is 1.08 bits per heavy atom. The number of pyridine rings is 2. The van der Waals surface area contributed by atoms with Crippen molar-refractivity contribution in [2.75, 3.05) is 14.2 Å². The Bertz CT molecular complexity index is 926. The molecule has 7 nitrogen and oxygen atoms in total. The number of hydrogen-bond acceptors (Lipinski definition) is 6. The van der Waals surface area contributed by atoms with Gasteiger partial charge in [0.25, 0.3) is 5.69 Å². The molecule has 2 heterocycles. The largest absolute Gasteiger partial charge is 0.493 e. The summed E-state index contributed by atoms with van der Waals surface area (Å²) in [4.78, 5) is 19.0. The fourth-order valence-corrected chi connectivity index (χ4v) is 2.79. The van der Waals surface area contributed by atoms with Gasteiger partial charge < -0.3 is 9.47 Å². The molecule has 0 amide bonds. The fraction of sp³-hybridized carbons (Fsp3) is 0.222. The lowest BCUT2D eigenvalue weighted by Gasteiger charge is -2.16. The highest BCUT2D eigenvalue weighted by Gasteiger charge is 2.17. The quantitative estimate of drug-likeness (QED) is 0.520. The van der Waals surface area contributed by atoms with Crippen LogP contribution in [0.15, 0.2) is 42.7 Å². The van der Waals surface area contributed by atoms with Crippen LogP contribution in [0.2, 0.25) is 0 Å². The second kappa shape index (κ2) is 6.72. The van der Waals surface area contributed by atoms with E-state index in [0.717, 1.165) is 22.2 Å². The van der Waals surface area contributed by atoms with E-state index in [1.807, 2.05) is 25.1 Å². The van der Waals surface area contributed by atoms with Crippen LogP contribution in [0.5, 0.6) is 11.5 Å². The third kappa shape index (κ3) is 3.08. The second-order valence-corrected chi connectivity index (χ2v) is 5.54. The van der Waals surface area contributed by atoms with Crippen molar-refractivity contribution in [1.29, 1.82) is 0 Å². The standard InChI is InChI=1S/C18H17N3O4/c1-11(15-5-4-12(10-20-15)21(22)23)13-6-7-19-16-9-18(25-3)17(24-2)8-14(13)16/h4-11H,1-3H3. The molecule has 3 rings (SSSR count). The molecule has 7 heteroatoms. The number of hydrogen-bond donors (Lipinski definition) is 0. The van der Waals surface area contributed by atoms with Gasteiger partial charge >= 0.3 is 0 Å². The first kappa shape index (κ1) is 16.6. The highest BCUT2D eigenvalue weighted by molar-refractivity contribution is 5.86. The number of benzene rings is 1. The Hall–Kier alpha value is -3.22. The van der Waals surface area contributed by atoms with E-state index in [2.05, 4.69) is 9.97 Å². The van der Waals surface area contributed by atoms with Gasteiger partial charge in [0.2, 0.25) is 0 Å². The summed E-state index contributed by atoms with van der Waals surface area (Å²) in [5.74, 6) is 1.17. The molecule has 128 valence electrons. The molecule has 25 heavy (non-hydrogen) atoms. The van der Waals surface area contributed by atoms with Crippen LogP contribution in [-0.4, -0.2) is 29.1 Å². The van der Waals surface area contributed by atoms with Crippen LogP contribution < -0.4 is 9.47 Å². The van der Waals surface area contributed by atoms with Crippen LogP contribution in [0.4, 0.5) is 5.69 Å². The maximum atomic E-state index is 10.8. The van der Waals surface area contributed by atoms with Gasteiger partial charge in [-0.1, -0.05) is 6.92 Å². The predicted molar refractivity (Wildman–Crippen MR) is 93.3 cm³/mol. The van der Waals surface area contributed by atoms with Gasteiger partial charge in [0.05, 0.1) is 24.7 Å². The summed E-state index contributed by atoms with van der Waals surface area (Å²) in [6.45, 7) is 2.00. The van der Waals surface area contributed by atoms with E-state index in [1.54, 1.807) is 26.5 Å². The van der Waals surface area contributed by atoms with Crippen molar-refractivity contribution in [1.82, 2.24) is 9.97 Å². The van der Waals surface area contributed by atoms with Gasteiger partial charge in [-0.2, -0.15) is 0 Å². The van der Waals surface area contributed by atoms with E-state index in [4.69, 9.17) is 9.47 Å². The predicted octanol–water partition coefficient (Wildman–Crippen LogP) is 3.71. The lowest BCUT2D eigenvalue weighted by Crippen LogP contribution is -2.02. The van der Waals surface area contributed by atoms with Crippen molar-refractivity contribution in [3.8, 4) is 11.5 Å². The van der Waals surface area contributed by atoms with E-state index < -0.39 is 4.92 Å². The van der Waals surface area contributed by atoms with E-state index >= 15 is 0 Å². The zero-order valence-electron chi connectivity index (χ0n) is 14.1. The zero-order valence-corrected chi connectivity index (χ0v) is 14.1. The number of ether oxygens (including phenoxy) is 2. The molecular formula is C18H17N3O4. The summed E-state index contributed by atoms with van der Waals surface area (Å²) >= 11 is 0. The van der Waals surface area contributed by atoms with E-state index in [1.165, 1.54) is 12.3 Å². The molecule has 0 fully saturated rings. The summed E-state index contributed by atoms with van der Waals surface area (Å²) in [6.07, 6.45) is 3.00. The maximum Gasteiger partial charge on any atom is 0.287 e. The molecule has 0 bridgehead atoms. The molecule has 0 aliphatic carbocycles. The lowest BCUT2D eigenvalue weighted by atomic mass is 9.94. The number of methoxy groups -OCH3 is 2. The van der Waals surface area contributed by atoms with Crippen molar-refractivity contribution in [3.63, 3.8) is 0 Å². The molecule has 2 aromatic heterocycles. The minimum absolute atomic E-state index is 0.0260. The molecule has 1 aromatic carbocycles. The van der Waals surface area contributed by atoms with Gasteiger partial charge in [-0.3, -0.25) is 20.1 Å². The molecule has 1 atom stereocenters. The van der Waals surface area contributed by atoms with Gasteiger partial charge in [0.15, 0.2) is 11.5 Å². The van der Waals surface area contributed by atoms with Gasteiger partial charge in [0, 0.05) is 35.3 Å². The maximum absolute atomic E-state index is 10.8. The minimum Gasteiger partial charge on any atom is -0.493 e. The van der Waals surface area contributed by atoms with Gasteiger partial charge in [-0.25, -0.2) is 0 Å². The normalized spacial score (nSPS) is 12.0. The monoisotopic (exact) mass is 339 g/mol. The second-order valence-electron chi connectivity index (χ2n) is 5.54. The number of nitrogens with zero attached hydrogens (tertiary/aromatic N) is 3. The van der Waals surface area contributed by atoms with Gasteiger partial charge in [-0.15, -0.1) is 0 Å². The Balaban J connectivity index is 2.09. The van der Waals surface area contributed by atoms with Crippen LogP contribution in [0.3, 0.4) is 0 Å². The van der Waals surface area contributed by atoms with Crippen molar-refractivity contribution >= 4 is 16.6 Å². The molecule has 0 saturated carbocycles. The zero-order chi connectivity index (χ0) is 18.0. The smallest absolute Gasteiger partial charge is 0.287 e. The first-order valence-corrected chi connectivity index (χ1v) is 7.66. The summed E-state index contributed by atoms with van der Waals surface area (Å²) in [7, 11) is 3.16. The van der Waals surface area contributed by atoms with Crippen molar-refractivity contribution in [2.45, 2.75) is 12.8 Å². The van der Waals surface area contributed by atoms with E-state index in [-0.39, 0.29) is 11.6 Å². The lowest BCUT2D eigenvalue weighted by molar-refractivity contribution is -0.385. The first-order chi connectivity index (χ1) is 12.0. The fourth-order valence-electron chi connectivity index (χ4n) is 2.79. The van der Waals surface area contributed by atoms with Crippen molar-refractivity contribution in [3.05, 3.63) is 64.1 Å². The van der Waals surface area contributed by atoms with Gasteiger partial charge in [-0.05, 0) is 23.8 Å². The highest BCUT2D eigenvalue weighted by Crippen LogP contribution is 2.36. The highest BCUT2D eigenvalue weighted by atomic mass is 16.6. The molecule has 0 spiro atoms. The average Bonchev–Trinajstić information content (AvgIpc) is 2.65. The number of aromatic nitrogens is 2. The summed E-state index contributed by atoms with van der Waals surface area (Å²) in [5.41, 5.74) is 2.51. The molecular weight excluding hydrogens is 322 g/mol. The van der Waals surface area contributed by atoms with Crippen LogP contribution in [0.25, 0.3) is 10.9 Å². The Kier molecular flexibility index (Phi) is 4.47. The van der Waals surface area contributed by atoms with Crippen molar-refractivity contribution < 1.29 is 14.4 Å². The molecule has 3 aromatic rings. The Labute approximate surface area is 144 Å². The number of nitro groups is 1. The molecule has 0 saturated heterocycles. The SMILES string of the molecule is COc1cc2nccc(C(C)c3ccc([N+](=O)[O-])cn3)c2cc1OC. The summed E-state index contributed by atoms with van der Waals surface area (Å²) in [6, 6.07) is 8.77.